The minimum atomic E-state index is -0.0207. The molecule has 4 rings (SSSR count). The number of furan rings is 1. The van der Waals surface area contributed by atoms with E-state index in [0.29, 0.717) is 13.2 Å². The summed E-state index contributed by atoms with van der Waals surface area (Å²) in [7, 11) is 1.88. The van der Waals surface area contributed by atoms with Crippen LogP contribution >= 0.6 is 0 Å². The molecular weight excluding hydrogens is 306 g/mol. The van der Waals surface area contributed by atoms with Crippen LogP contribution in [0.2, 0.25) is 0 Å². The minimum Gasteiger partial charge on any atom is -0.483 e. The van der Waals surface area contributed by atoms with E-state index in [1.54, 1.807) is 10.9 Å². The molecule has 0 saturated carbocycles. The Labute approximate surface area is 140 Å². The third kappa shape index (κ3) is 2.90. The van der Waals surface area contributed by atoms with Gasteiger partial charge in [-0.2, -0.15) is 5.10 Å². The van der Waals surface area contributed by atoms with Crippen LogP contribution in [-0.2, 0) is 18.3 Å². The normalized spacial score (nSPS) is 20.8. The number of hydrogen-bond acceptors (Lipinski definition) is 5. The lowest BCUT2D eigenvalue weighted by molar-refractivity contribution is 0.139. The van der Waals surface area contributed by atoms with Crippen molar-refractivity contribution in [1.29, 1.82) is 0 Å². The van der Waals surface area contributed by atoms with Crippen LogP contribution < -0.4 is 10.1 Å². The van der Waals surface area contributed by atoms with Gasteiger partial charge in [0.1, 0.15) is 17.4 Å². The van der Waals surface area contributed by atoms with Gasteiger partial charge >= 0.3 is 0 Å². The number of ether oxygens (including phenoxy) is 2. The molecule has 126 valence electrons. The fourth-order valence-electron chi connectivity index (χ4n) is 3.15. The predicted molar refractivity (Wildman–Crippen MR) is 90.0 cm³/mol. The van der Waals surface area contributed by atoms with Crippen molar-refractivity contribution < 1.29 is 13.9 Å². The fourth-order valence-corrected chi connectivity index (χ4v) is 3.15. The molecule has 6 nitrogen and oxygen atoms in total. The molecule has 6 heteroatoms. The van der Waals surface area contributed by atoms with Gasteiger partial charge in [-0.3, -0.25) is 4.68 Å². The van der Waals surface area contributed by atoms with Crippen LogP contribution in [0.25, 0.3) is 11.0 Å². The first-order valence-electron chi connectivity index (χ1n) is 8.14. The number of fused-ring (bicyclic) bond motifs is 1. The van der Waals surface area contributed by atoms with Gasteiger partial charge in [-0.15, -0.1) is 0 Å². The molecule has 1 saturated heterocycles. The van der Waals surface area contributed by atoms with Crippen molar-refractivity contribution in [3.63, 3.8) is 0 Å². The predicted octanol–water partition coefficient (Wildman–Crippen LogP) is 2.41. The second-order valence-corrected chi connectivity index (χ2v) is 6.16. The van der Waals surface area contributed by atoms with Crippen molar-refractivity contribution in [1.82, 2.24) is 15.1 Å². The lowest BCUT2D eigenvalue weighted by atomic mass is 10.1. The molecule has 0 unspecified atom stereocenters. The molecule has 2 aromatic heterocycles. The highest BCUT2D eigenvalue weighted by molar-refractivity contribution is 5.82. The Balaban J connectivity index is 1.45. The van der Waals surface area contributed by atoms with Crippen LogP contribution in [0.4, 0.5) is 0 Å². The molecule has 1 aliphatic heterocycles. The summed E-state index contributed by atoms with van der Waals surface area (Å²) in [6, 6.07) is 8.26. The zero-order valence-electron chi connectivity index (χ0n) is 13.9. The number of benzene rings is 1. The Morgan fingerprint density at radius 2 is 2.21 bits per heavy atom. The van der Waals surface area contributed by atoms with Crippen LogP contribution in [0, 0.1) is 6.92 Å². The van der Waals surface area contributed by atoms with E-state index in [-0.39, 0.29) is 12.1 Å². The van der Waals surface area contributed by atoms with Crippen LogP contribution in [0.5, 0.6) is 5.75 Å². The summed E-state index contributed by atoms with van der Waals surface area (Å²) in [6.45, 7) is 3.95. The second kappa shape index (κ2) is 6.30. The average molecular weight is 327 g/mol. The first-order chi connectivity index (χ1) is 11.7. The summed E-state index contributed by atoms with van der Waals surface area (Å²) in [5.41, 5.74) is 2.12. The van der Waals surface area contributed by atoms with Crippen LogP contribution in [0.15, 0.2) is 41.1 Å². The van der Waals surface area contributed by atoms with Crippen LogP contribution in [0.1, 0.15) is 11.3 Å². The molecule has 24 heavy (non-hydrogen) atoms. The molecule has 0 aliphatic carbocycles. The summed E-state index contributed by atoms with van der Waals surface area (Å²) < 4.78 is 19.2. The van der Waals surface area contributed by atoms with Crippen molar-refractivity contribution in [2.75, 3.05) is 13.2 Å². The number of nitrogens with one attached hydrogen (secondary N) is 1. The minimum absolute atomic E-state index is 0.0207. The van der Waals surface area contributed by atoms with Crippen molar-refractivity contribution in [2.45, 2.75) is 25.6 Å². The van der Waals surface area contributed by atoms with Gasteiger partial charge < -0.3 is 19.2 Å². The Bertz CT molecular complexity index is 839. The highest BCUT2D eigenvalue weighted by Gasteiger charge is 2.30. The summed E-state index contributed by atoms with van der Waals surface area (Å²) in [6.07, 6.45) is 3.57. The van der Waals surface area contributed by atoms with Crippen molar-refractivity contribution >= 4 is 11.0 Å². The van der Waals surface area contributed by atoms with E-state index in [9.17, 15) is 0 Å². The van der Waals surface area contributed by atoms with Gasteiger partial charge in [-0.1, -0.05) is 18.2 Å². The monoisotopic (exact) mass is 327 g/mol. The second-order valence-electron chi connectivity index (χ2n) is 6.16. The van der Waals surface area contributed by atoms with E-state index >= 15 is 0 Å². The molecule has 0 spiro atoms. The highest BCUT2D eigenvalue weighted by atomic mass is 16.5. The van der Waals surface area contributed by atoms with E-state index < -0.39 is 0 Å². The Morgan fingerprint density at radius 1 is 1.33 bits per heavy atom. The van der Waals surface area contributed by atoms with E-state index in [1.165, 1.54) is 5.56 Å². The smallest absolute Gasteiger partial charge is 0.157 e. The molecule has 3 aromatic rings. The number of nitrogens with zero attached hydrogens (tertiary/aromatic N) is 2. The largest absolute Gasteiger partial charge is 0.483 e. The Kier molecular flexibility index (Phi) is 4.00. The quantitative estimate of drug-likeness (QED) is 0.780. The van der Waals surface area contributed by atoms with Gasteiger partial charge in [0.05, 0.1) is 31.6 Å². The maximum Gasteiger partial charge on any atom is 0.157 e. The van der Waals surface area contributed by atoms with Gasteiger partial charge in [0, 0.05) is 24.5 Å². The standard InChI is InChI=1S/C18H21N3O3/c1-12-15(14-5-3-4-6-17(14)23-12)8-19-16-10-22-11-18(16)24-13-7-20-21(2)9-13/h3-7,9,16,18-19H,8,10-11H2,1-2H3/t16-,18+/m0/s1. The molecular formula is C18H21N3O3. The van der Waals surface area contributed by atoms with E-state index in [1.807, 2.05) is 38.4 Å². The summed E-state index contributed by atoms with van der Waals surface area (Å²) in [5.74, 6) is 1.72. The molecule has 3 heterocycles. The average Bonchev–Trinajstić information content (AvgIpc) is 3.25. The number of para-hydroxylation sites is 1. The van der Waals surface area contributed by atoms with Crippen LogP contribution in [0.3, 0.4) is 0 Å². The summed E-state index contributed by atoms with van der Waals surface area (Å²) in [4.78, 5) is 0. The van der Waals surface area contributed by atoms with E-state index in [2.05, 4.69) is 16.5 Å². The molecule has 1 fully saturated rings. The molecule has 1 aromatic carbocycles. The van der Waals surface area contributed by atoms with Crippen molar-refractivity contribution in [3.8, 4) is 5.75 Å². The lowest BCUT2D eigenvalue weighted by Crippen LogP contribution is -2.41. The SMILES string of the molecule is Cc1oc2ccccc2c1CN[C@H]1COC[C@H]1Oc1cnn(C)c1. The van der Waals surface area contributed by atoms with E-state index in [0.717, 1.165) is 29.0 Å². The topological polar surface area (TPSA) is 61.5 Å². The lowest BCUT2D eigenvalue weighted by Gasteiger charge is -2.19. The maximum atomic E-state index is 6.00. The maximum absolute atomic E-state index is 6.00. The zero-order chi connectivity index (χ0) is 16.5. The fraction of sp³-hybridized carbons (Fsp3) is 0.389. The molecule has 0 bridgehead atoms. The van der Waals surface area contributed by atoms with Gasteiger partial charge in [0.2, 0.25) is 0 Å². The van der Waals surface area contributed by atoms with Gasteiger partial charge in [0.25, 0.3) is 0 Å². The molecule has 1 aliphatic rings. The Hall–Kier alpha value is -2.31. The van der Waals surface area contributed by atoms with Crippen molar-refractivity contribution in [3.05, 3.63) is 48.0 Å². The van der Waals surface area contributed by atoms with Gasteiger partial charge in [-0.25, -0.2) is 0 Å². The number of hydrogen-bond donors (Lipinski definition) is 1. The summed E-state index contributed by atoms with van der Waals surface area (Å²) in [5, 5.41) is 8.85. The molecule has 0 radical (unpaired) electrons. The van der Waals surface area contributed by atoms with Gasteiger partial charge in [-0.05, 0) is 13.0 Å². The first-order valence-corrected chi connectivity index (χ1v) is 8.14. The molecule has 2 atom stereocenters. The third-order valence-electron chi connectivity index (χ3n) is 4.44. The van der Waals surface area contributed by atoms with Crippen molar-refractivity contribution in [2.24, 2.45) is 7.05 Å². The number of aromatic nitrogens is 2. The van der Waals surface area contributed by atoms with E-state index in [4.69, 9.17) is 13.9 Å². The van der Waals surface area contributed by atoms with Gasteiger partial charge in [0.15, 0.2) is 5.75 Å². The zero-order valence-corrected chi connectivity index (χ0v) is 13.9. The Morgan fingerprint density at radius 3 is 3.04 bits per heavy atom. The van der Waals surface area contributed by atoms with Crippen LogP contribution in [-0.4, -0.2) is 35.1 Å². The summed E-state index contributed by atoms with van der Waals surface area (Å²) >= 11 is 0. The number of aryl methyl sites for hydroxylation is 2. The molecule has 0 amide bonds. The third-order valence-corrected chi connectivity index (χ3v) is 4.44. The first kappa shape index (κ1) is 15.2. The highest BCUT2D eigenvalue weighted by Crippen LogP contribution is 2.25. The molecule has 1 N–H and O–H groups in total. The number of rotatable bonds is 5.